The lowest BCUT2D eigenvalue weighted by molar-refractivity contribution is -0.383. The third kappa shape index (κ3) is 2.88. The fraction of sp³-hybridized carbons (Fsp3) is 0.462. The number of carbonyl (C=O) groups is 1. The van der Waals surface area contributed by atoms with E-state index in [9.17, 15) is 14.9 Å². The van der Waals surface area contributed by atoms with Crippen molar-refractivity contribution < 1.29 is 14.5 Å². The monoisotopic (exact) mass is 279 g/mol. The summed E-state index contributed by atoms with van der Waals surface area (Å²) in [7, 11) is 1.63. The zero-order chi connectivity index (χ0) is 14.7. The number of nitrogens with zero attached hydrogens (tertiary/aromatic N) is 2. The molecule has 108 valence electrons. The van der Waals surface area contributed by atoms with Gasteiger partial charge in [-0.25, -0.2) is 0 Å². The average molecular weight is 279 g/mol. The van der Waals surface area contributed by atoms with Crippen LogP contribution in [0.3, 0.4) is 0 Å². The number of carbonyl (C=O) groups excluding carboxylic acids is 1. The van der Waals surface area contributed by atoms with Crippen LogP contribution in [-0.4, -0.2) is 42.5 Å². The molecule has 0 bridgehead atoms. The zero-order valence-corrected chi connectivity index (χ0v) is 11.2. The summed E-state index contributed by atoms with van der Waals surface area (Å²) >= 11 is 0. The molecule has 2 rings (SSSR count). The van der Waals surface area contributed by atoms with Crippen molar-refractivity contribution in [1.29, 1.82) is 0 Å². The molecule has 0 aliphatic carbocycles. The average Bonchev–Trinajstić information content (AvgIpc) is 2.87. The van der Waals surface area contributed by atoms with E-state index in [1.54, 1.807) is 12.0 Å². The second-order valence-corrected chi connectivity index (χ2v) is 4.89. The Morgan fingerprint density at radius 1 is 1.60 bits per heavy atom. The number of rotatable bonds is 4. The Kier molecular flexibility index (Phi) is 4.19. The van der Waals surface area contributed by atoms with Crippen molar-refractivity contribution in [1.82, 2.24) is 4.90 Å². The number of likely N-dealkylation sites (tertiary alicyclic amines) is 1. The minimum Gasteiger partial charge on any atom is -0.393 e. The van der Waals surface area contributed by atoms with Gasteiger partial charge in [-0.3, -0.25) is 14.9 Å². The largest absolute Gasteiger partial charge is 0.393 e. The summed E-state index contributed by atoms with van der Waals surface area (Å²) in [5.41, 5.74) is 5.65. The van der Waals surface area contributed by atoms with Gasteiger partial charge < -0.3 is 15.4 Å². The minimum atomic E-state index is -0.580. The Labute approximate surface area is 116 Å². The number of ether oxygens (including phenoxy) is 1. The molecule has 7 heteroatoms. The molecule has 20 heavy (non-hydrogen) atoms. The summed E-state index contributed by atoms with van der Waals surface area (Å²) in [5.74, 6) is 0.124. The lowest BCUT2D eigenvalue weighted by atomic mass is 10.1. The Morgan fingerprint density at radius 3 is 3.00 bits per heavy atom. The van der Waals surface area contributed by atoms with Gasteiger partial charge >= 0.3 is 0 Å². The first-order valence-corrected chi connectivity index (χ1v) is 6.35. The molecule has 1 amide bonds. The van der Waals surface area contributed by atoms with Crippen LogP contribution in [0.25, 0.3) is 0 Å². The zero-order valence-electron chi connectivity index (χ0n) is 11.2. The number of amides is 1. The van der Waals surface area contributed by atoms with Crippen molar-refractivity contribution in [2.45, 2.75) is 6.42 Å². The predicted molar refractivity (Wildman–Crippen MR) is 73.4 cm³/mol. The van der Waals surface area contributed by atoms with Gasteiger partial charge in [-0.05, 0) is 18.6 Å². The Morgan fingerprint density at radius 2 is 2.35 bits per heavy atom. The summed E-state index contributed by atoms with van der Waals surface area (Å²) in [4.78, 5) is 24.3. The molecule has 0 aromatic heterocycles. The quantitative estimate of drug-likeness (QED) is 0.508. The van der Waals surface area contributed by atoms with Gasteiger partial charge in [0.05, 0.1) is 11.5 Å². The van der Waals surface area contributed by atoms with Crippen molar-refractivity contribution in [3.8, 4) is 0 Å². The second kappa shape index (κ2) is 5.87. The van der Waals surface area contributed by atoms with Crippen LogP contribution in [0.2, 0.25) is 0 Å². The van der Waals surface area contributed by atoms with Gasteiger partial charge in [0.2, 0.25) is 0 Å². The van der Waals surface area contributed by atoms with E-state index in [4.69, 9.17) is 10.5 Å². The number of anilines is 1. The molecule has 1 aliphatic heterocycles. The maximum absolute atomic E-state index is 12.3. The second-order valence-electron chi connectivity index (χ2n) is 4.89. The van der Waals surface area contributed by atoms with E-state index in [1.165, 1.54) is 18.2 Å². The lowest BCUT2D eigenvalue weighted by Gasteiger charge is -2.16. The first kappa shape index (κ1) is 14.3. The molecule has 1 fully saturated rings. The number of nitrogen functional groups attached to an aromatic ring is 1. The van der Waals surface area contributed by atoms with Crippen molar-refractivity contribution in [2.75, 3.05) is 32.5 Å². The van der Waals surface area contributed by atoms with Crippen LogP contribution in [-0.2, 0) is 4.74 Å². The molecule has 1 saturated heterocycles. The summed E-state index contributed by atoms with van der Waals surface area (Å²) in [5, 5.41) is 10.8. The molecule has 7 nitrogen and oxygen atoms in total. The van der Waals surface area contributed by atoms with Gasteiger partial charge in [0.25, 0.3) is 11.6 Å². The Balaban J connectivity index is 2.14. The van der Waals surface area contributed by atoms with Gasteiger partial charge in [0.15, 0.2) is 0 Å². The first-order valence-electron chi connectivity index (χ1n) is 6.35. The third-order valence-electron chi connectivity index (χ3n) is 3.45. The van der Waals surface area contributed by atoms with Gasteiger partial charge in [0, 0.05) is 37.7 Å². The molecule has 1 aliphatic rings. The molecule has 0 spiro atoms. The number of nitro benzene ring substituents is 1. The van der Waals surface area contributed by atoms with Gasteiger partial charge in [-0.2, -0.15) is 0 Å². The van der Waals surface area contributed by atoms with Crippen molar-refractivity contribution in [3.63, 3.8) is 0 Å². The standard InChI is InChI=1S/C13H17N3O4/c1-20-8-9-4-5-15(7-9)13(17)10-2-3-11(14)12(6-10)16(18)19/h2-3,6,9H,4-5,7-8,14H2,1H3. The molecule has 1 unspecified atom stereocenters. The Hall–Kier alpha value is -2.15. The fourth-order valence-corrected chi connectivity index (χ4v) is 2.41. The number of benzene rings is 1. The van der Waals surface area contributed by atoms with E-state index >= 15 is 0 Å². The normalized spacial score (nSPS) is 18.2. The van der Waals surface area contributed by atoms with Crippen LogP contribution in [0, 0.1) is 16.0 Å². The van der Waals surface area contributed by atoms with Crippen LogP contribution in [0.15, 0.2) is 18.2 Å². The smallest absolute Gasteiger partial charge is 0.292 e. The predicted octanol–water partition coefficient (Wildman–Crippen LogP) is 1.29. The highest BCUT2D eigenvalue weighted by molar-refractivity contribution is 5.95. The highest BCUT2D eigenvalue weighted by atomic mass is 16.6. The maximum Gasteiger partial charge on any atom is 0.292 e. The maximum atomic E-state index is 12.3. The van der Waals surface area contributed by atoms with Crippen molar-refractivity contribution in [2.24, 2.45) is 5.92 Å². The number of nitro groups is 1. The fourth-order valence-electron chi connectivity index (χ4n) is 2.41. The number of hydrogen-bond donors (Lipinski definition) is 1. The van der Waals surface area contributed by atoms with E-state index in [0.29, 0.717) is 31.2 Å². The van der Waals surface area contributed by atoms with Crippen LogP contribution >= 0.6 is 0 Å². The topological polar surface area (TPSA) is 98.7 Å². The van der Waals surface area contributed by atoms with E-state index in [0.717, 1.165) is 6.42 Å². The summed E-state index contributed by atoms with van der Waals surface area (Å²) in [6.07, 6.45) is 0.886. The van der Waals surface area contributed by atoms with Crippen molar-refractivity contribution >= 4 is 17.3 Å². The van der Waals surface area contributed by atoms with E-state index < -0.39 is 4.92 Å². The van der Waals surface area contributed by atoms with Crippen LogP contribution in [0.1, 0.15) is 16.8 Å². The Bertz CT molecular complexity index is 532. The SMILES string of the molecule is COCC1CCN(C(=O)c2ccc(N)c([N+](=O)[O-])c2)C1. The lowest BCUT2D eigenvalue weighted by Crippen LogP contribution is -2.29. The molecular weight excluding hydrogens is 262 g/mol. The van der Waals surface area contributed by atoms with Crippen LogP contribution in [0.5, 0.6) is 0 Å². The number of nitrogens with two attached hydrogens (primary N) is 1. The molecule has 2 N–H and O–H groups in total. The van der Waals surface area contributed by atoms with Gasteiger partial charge in [0.1, 0.15) is 5.69 Å². The van der Waals surface area contributed by atoms with Gasteiger partial charge in [-0.15, -0.1) is 0 Å². The molecule has 1 heterocycles. The summed E-state index contributed by atoms with van der Waals surface area (Å²) < 4.78 is 5.08. The van der Waals surface area contributed by atoms with E-state index in [2.05, 4.69) is 0 Å². The molecule has 1 atom stereocenters. The van der Waals surface area contributed by atoms with E-state index in [1.807, 2.05) is 0 Å². The minimum absolute atomic E-state index is 0.0604. The highest BCUT2D eigenvalue weighted by Crippen LogP contribution is 2.25. The first-order chi connectivity index (χ1) is 9.52. The summed E-state index contributed by atoms with van der Waals surface area (Å²) in [6.45, 7) is 1.88. The molecular formula is C13H17N3O4. The molecule has 1 aromatic rings. The molecule has 0 radical (unpaired) electrons. The summed E-state index contributed by atoms with van der Waals surface area (Å²) in [6, 6.07) is 4.16. The highest BCUT2D eigenvalue weighted by Gasteiger charge is 2.27. The number of methoxy groups -OCH3 is 1. The van der Waals surface area contributed by atoms with Gasteiger partial charge in [-0.1, -0.05) is 0 Å². The van der Waals surface area contributed by atoms with E-state index in [-0.39, 0.29) is 17.3 Å². The van der Waals surface area contributed by atoms with Crippen LogP contribution < -0.4 is 5.73 Å². The molecule has 1 aromatic carbocycles. The molecule has 0 saturated carbocycles. The van der Waals surface area contributed by atoms with Crippen LogP contribution in [0.4, 0.5) is 11.4 Å². The van der Waals surface area contributed by atoms with Crippen molar-refractivity contribution in [3.05, 3.63) is 33.9 Å². The number of hydrogen-bond acceptors (Lipinski definition) is 5. The third-order valence-corrected chi connectivity index (χ3v) is 3.45.